The fraction of sp³-hybridized carbons (Fsp3) is 0.267. The van der Waals surface area contributed by atoms with Crippen molar-refractivity contribution in [3.05, 3.63) is 41.7 Å². The molecular weight excluding hydrogens is 286 g/mol. The normalized spacial score (nSPS) is 11.5. The molecule has 0 radical (unpaired) electrons. The van der Waals surface area contributed by atoms with Gasteiger partial charge in [-0.3, -0.25) is 0 Å². The van der Waals surface area contributed by atoms with E-state index in [2.05, 4.69) is 16.0 Å². The Balaban J connectivity index is 2.15. The highest BCUT2D eigenvalue weighted by Crippen LogP contribution is 2.35. The van der Waals surface area contributed by atoms with E-state index in [4.69, 9.17) is 14.7 Å². The number of nitrogens with zero attached hydrogens (tertiary/aromatic N) is 3. The van der Waals surface area contributed by atoms with Gasteiger partial charge < -0.3 is 9.47 Å². The Morgan fingerprint density at radius 3 is 2.38 bits per heavy atom. The molecule has 0 fully saturated rings. The van der Waals surface area contributed by atoms with Crippen LogP contribution in [0.3, 0.4) is 0 Å². The third kappa shape index (κ3) is 3.64. The van der Waals surface area contributed by atoms with E-state index < -0.39 is 0 Å². The average molecular weight is 301 g/mol. The number of hydrogen-bond acceptors (Lipinski definition) is 6. The lowest BCUT2D eigenvalue weighted by atomic mass is 10.2. The van der Waals surface area contributed by atoms with Gasteiger partial charge in [0.2, 0.25) is 0 Å². The largest absolute Gasteiger partial charge is 0.477 e. The Hall–Kier alpha value is -2.26. The predicted molar refractivity (Wildman–Crippen MR) is 80.6 cm³/mol. The fourth-order valence-corrected chi connectivity index (χ4v) is 2.65. The minimum Gasteiger partial charge on any atom is -0.477 e. The maximum Gasteiger partial charge on any atom is 0.278 e. The molecule has 0 aliphatic heterocycles. The Kier molecular flexibility index (Phi) is 5.01. The summed E-state index contributed by atoms with van der Waals surface area (Å²) in [6.07, 6.45) is 1.68. The molecule has 1 aromatic carbocycles. The van der Waals surface area contributed by atoms with Crippen molar-refractivity contribution in [2.24, 2.45) is 0 Å². The minimum atomic E-state index is 0.102. The molecule has 1 aromatic heterocycles. The van der Waals surface area contributed by atoms with Gasteiger partial charge in [-0.15, -0.1) is 11.8 Å². The van der Waals surface area contributed by atoms with Crippen LogP contribution in [-0.4, -0.2) is 24.2 Å². The van der Waals surface area contributed by atoms with Crippen LogP contribution < -0.4 is 9.47 Å². The Labute approximate surface area is 127 Å². The van der Waals surface area contributed by atoms with Crippen LogP contribution in [-0.2, 0) is 0 Å². The first-order valence-corrected chi connectivity index (χ1v) is 7.17. The molecule has 0 spiro atoms. The van der Waals surface area contributed by atoms with Gasteiger partial charge in [0.1, 0.15) is 0 Å². The summed E-state index contributed by atoms with van der Waals surface area (Å²) in [5.74, 6) is 0.749. The quantitative estimate of drug-likeness (QED) is 0.790. The summed E-state index contributed by atoms with van der Waals surface area (Å²) in [5.41, 5.74) is 1.46. The highest BCUT2D eigenvalue weighted by molar-refractivity contribution is 7.99. The van der Waals surface area contributed by atoms with Crippen LogP contribution in [0, 0.1) is 11.3 Å². The zero-order valence-electron chi connectivity index (χ0n) is 12.0. The summed E-state index contributed by atoms with van der Waals surface area (Å²) < 4.78 is 10.2. The van der Waals surface area contributed by atoms with Crippen molar-refractivity contribution in [1.82, 2.24) is 9.97 Å². The molecular formula is C15H15N3O2S. The number of methoxy groups -OCH3 is 2. The van der Waals surface area contributed by atoms with E-state index in [0.29, 0.717) is 17.3 Å². The first-order chi connectivity index (χ1) is 10.2. The smallest absolute Gasteiger partial charge is 0.278 e. The Bertz CT molecular complexity index is 653. The highest BCUT2D eigenvalue weighted by atomic mass is 32.2. The fourth-order valence-electron chi connectivity index (χ4n) is 1.72. The molecule has 2 rings (SSSR count). The number of rotatable bonds is 5. The van der Waals surface area contributed by atoms with Gasteiger partial charge in [0.15, 0.2) is 0 Å². The van der Waals surface area contributed by atoms with Crippen molar-refractivity contribution >= 4 is 11.8 Å². The van der Waals surface area contributed by atoms with Crippen LogP contribution in [0.15, 0.2) is 35.4 Å². The van der Waals surface area contributed by atoms with Crippen LogP contribution >= 0.6 is 11.8 Å². The molecule has 0 saturated heterocycles. The van der Waals surface area contributed by atoms with Gasteiger partial charge in [0.25, 0.3) is 11.8 Å². The topological polar surface area (TPSA) is 68.0 Å². The lowest BCUT2D eigenvalue weighted by Crippen LogP contribution is -2.01. The Morgan fingerprint density at radius 2 is 1.81 bits per heavy atom. The van der Waals surface area contributed by atoms with Crippen LogP contribution in [0.25, 0.3) is 0 Å². The summed E-state index contributed by atoms with van der Waals surface area (Å²) in [7, 11) is 3.07. The highest BCUT2D eigenvalue weighted by Gasteiger charge is 2.14. The van der Waals surface area contributed by atoms with E-state index in [9.17, 15) is 0 Å². The maximum atomic E-state index is 8.79. The van der Waals surface area contributed by atoms with Gasteiger partial charge in [-0.2, -0.15) is 5.26 Å². The first kappa shape index (κ1) is 15.1. The third-order valence-corrected chi connectivity index (χ3v) is 3.97. The molecule has 0 saturated carbocycles. The van der Waals surface area contributed by atoms with Crippen molar-refractivity contribution in [1.29, 1.82) is 5.26 Å². The maximum absolute atomic E-state index is 8.79. The molecule has 108 valence electrons. The average Bonchev–Trinajstić information content (AvgIpc) is 2.54. The monoisotopic (exact) mass is 301 g/mol. The molecule has 1 heterocycles. The molecule has 2 aromatic rings. The number of hydrogen-bond donors (Lipinski definition) is 0. The van der Waals surface area contributed by atoms with Gasteiger partial charge in [-0.05, 0) is 31.2 Å². The summed E-state index contributed by atoms with van der Waals surface area (Å²) in [5, 5.41) is 8.90. The lowest BCUT2D eigenvalue weighted by Gasteiger charge is -2.12. The van der Waals surface area contributed by atoms with Gasteiger partial charge >= 0.3 is 0 Å². The molecule has 1 unspecified atom stereocenters. The van der Waals surface area contributed by atoms with Crippen LogP contribution in [0.1, 0.15) is 23.4 Å². The van der Waals surface area contributed by atoms with Crippen LogP contribution in [0.2, 0.25) is 0 Å². The standard InChI is InChI=1S/C15H15N3O2S/c1-10(21-12-6-4-11(8-16)5-7-12)13-9-17-14(19-2)15(18-13)20-3/h4-7,9-10H,1-3H3. The number of aromatic nitrogens is 2. The lowest BCUT2D eigenvalue weighted by molar-refractivity contribution is 0.330. The van der Waals surface area contributed by atoms with E-state index in [1.165, 1.54) is 14.2 Å². The van der Waals surface area contributed by atoms with Crippen LogP contribution in [0.4, 0.5) is 0 Å². The number of nitriles is 1. The molecule has 0 aliphatic carbocycles. The molecule has 21 heavy (non-hydrogen) atoms. The molecule has 5 nitrogen and oxygen atoms in total. The minimum absolute atomic E-state index is 0.102. The first-order valence-electron chi connectivity index (χ1n) is 6.29. The van der Waals surface area contributed by atoms with Crippen molar-refractivity contribution < 1.29 is 9.47 Å². The summed E-state index contributed by atoms with van der Waals surface area (Å²) >= 11 is 1.64. The third-order valence-electron chi connectivity index (χ3n) is 2.83. The molecule has 0 bridgehead atoms. The van der Waals surface area contributed by atoms with E-state index >= 15 is 0 Å². The van der Waals surface area contributed by atoms with Gasteiger partial charge in [0.05, 0.1) is 43.0 Å². The number of benzene rings is 1. The zero-order valence-corrected chi connectivity index (χ0v) is 12.8. The SMILES string of the molecule is COc1ncc(C(C)Sc2ccc(C#N)cc2)nc1OC. The van der Waals surface area contributed by atoms with E-state index in [1.54, 1.807) is 30.1 Å². The predicted octanol–water partition coefficient (Wildman–Crippen LogP) is 3.22. The Morgan fingerprint density at radius 1 is 1.14 bits per heavy atom. The second-order valence-corrected chi connectivity index (χ2v) is 5.62. The van der Waals surface area contributed by atoms with Gasteiger partial charge in [-0.25, -0.2) is 9.97 Å². The van der Waals surface area contributed by atoms with Crippen molar-refractivity contribution in [3.8, 4) is 17.8 Å². The summed E-state index contributed by atoms with van der Waals surface area (Å²) in [6, 6.07) is 9.56. The van der Waals surface area contributed by atoms with Gasteiger partial charge in [-0.1, -0.05) is 0 Å². The molecule has 0 amide bonds. The van der Waals surface area contributed by atoms with E-state index in [0.717, 1.165) is 10.6 Å². The molecule has 6 heteroatoms. The molecule has 1 atom stereocenters. The number of thioether (sulfide) groups is 1. The second-order valence-electron chi connectivity index (χ2n) is 4.21. The van der Waals surface area contributed by atoms with Gasteiger partial charge in [0, 0.05) is 4.90 Å². The molecule has 0 N–H and O–H groups in total. The second kappa shape index (κ2) is 6.95. The van der Waals surface area contributed by atoms with E-state index in [1.807, 2.05) is 19.1 Å². The summed E-state index contributed by atoms with van der Waals surface area (Å²) in [4.78, 5) is 9.67. The van der Waals surface area contributed by atoms with Crippen molar-refractivity contribution in [2.45, 2.75) is 17.1 Å². The zero-order chi connectivity index (χ0) is 15.2. The van der Waals surface area contributed by atoms with E-state index in [-0.39, 0.29) is 5.25 Å². The summed E-state index contributed by atoms with van der Waals surface area (Å²) in [6.45, 7) is 2.04. The number of ether oxygens (including phenoxy) is 2. The molecule has 0 aliphatic rings. The van der Waals surface area contributed by atoms with Crippen molar-refractivity contribution in [2.75, 3.05) is 14.2 Å². The van der Waals surface area contributed by atoms with Crippen molar-refractivity contribution in [3.63, 3.8) is 0 Å². The van der Waals surface area contributed by atoms with Crippen LogP contribution in [0.5, 0.6) is 11.8 Å².